The minimum absolute atomic E-state index is 0.0727. The highest BCUT2D eigenvalue weighted by atomic mass is 32.2. The molecular formula is C35H43N5O5S. The van der Waals surface area contributed by atoms with Gasteiger partial charge in [0, 0.05) is 66.2 Å². The zero-order valence-corrected chi connectivity index (χ0v) is 27.4. The van der Waals surface area contributed by atoms with Crippen LogP contribution in [0, 0.1) is 5.41 Å². The fraction of sp³-hybridized carbons (Fsp3) is 0.543. The number of carbonyl (C=O) groups is 2. The van der Waals surface area contributed by atoms with Gasteiger partial charge in [-0.05, 0) is 79.5 Å². The maximum Gasteiger partial charge on any atom is 0.301 e. The molecule has 3 aliphatic heterocycles. The number of hydrogen-bond donors (Lipinski definition) is 3. The molecule has 3 N–H and O–H groups in total. The quantitative estimate of drug-likeness (QED) is 0.350. The van der Waals surface area contributed by atoms with Crippen LogP contribution in [-0.4, -0.2) is 68.5 Å². The Balaban J connectivity index is 1.31. The van der Waals surface area contributed by atoms with Crippen molar-refractivity contribution in [2.24, 2.45) is 5.41 Å². The summed E-state index contributed by atoms with van der Waals surface area (Å²) in [5.74, 6) is 0.772. The Morgan fingerprint density at radius 2 is 1.78 bits per heavy atom. The van der Waals surface area contributed by atoms with E-state index in [0.717, 1.165) is 73.1 Å². The minimum Gasteiger partial charge on any atom is -0.497 e. The van der Waals surface area contributed by atoms with Crippen molar-refractivity contribution in [2.75, 3.05) is 26.7 Å². The third kappa shape index (κ3) is 4.85. The van der Waals surface area contributed by atoms with Crippen molar-refractivity contribution in [3.8, 4) is 17.0 Å². The summed E-state index contributed by atoms with van der Waals surface area (Å²) in [5.41, 5.74) is 5.29. The van der Waals surface area contributed by atoms with Crippen LogP contribution >= 0.6 is 0 Å². The number of carbonyl (C=O) groups excluding carboxylic acids is 2. The topological polar surface area (TPSA) is 122 Å². The molecule has 2 saturated heterocycles. The molecule has 1 aromatic heterocycles. The Morgan fingerprint density at radius 1 is 1.02 bits per heavy atom. The van der Waals surface area contributed by atoms with Crippen LogP contribution in [0.4, 0.5) is 0 Å². The van der Waals surface area contributed by atoms with Gasteiger partial charge in [0.15, 0.2) is 0 Å². The lowest BCUT2D eigenvalue weighted by molar-refractivity contribution is -0.139. The van der Waals surface area contributed by atoms with E-state index in [1.807, 2.05) is 18.2 Å². The first-order chi connectivity index (χ1) is 22.2. The number of methoxy groups -OCH3 is 1. The summed E-state index contributed by atoms with van der Waals surface area (Å²) in [6.07, 6.45) is 8.75. The van der Waals surface area contributed by atoms with E-state index in [9.17, 15) is 18.0 Å². The zero-order chi connectivity index (χ0) is 31.8. The number of fused-ring (bicyclic) bond motifs is 9. The summed E-state index contributed by atoms with van der Waals surface area (Å²) in [5, 5.41) is 4.75. The highest BCUT2D eigenvalue weighted by molar-refractivity contribution is 7.88. The lowest BCUT2D eigenvalue weighted by atomic mass is 9.81. The van der Waals surface area contributed by atoms with Gasteiger partial charge in [-0.2, -0.15) is 13.1 Å². The second-order valence-corrected chi connectivity index (χ2v) is 15.6. The minimum atomic E-state index is -3.98. The molecule has 11 heteroatoms. The highest BCUT2D eigenvalue weighted by Crippen LogP contribution is 2.66. The van der Waals surface area contributed by atoms with Gasteiger partial charge in [-0.3, -0.25) is 9.59 Å². The number of rotatable bonds is 7. The van der Waals surface area contributed by atoms with Crippen molar-refractivity contribution in [3.05, 3.63) is 53.1 Å². The molecule has 4 fully saturated rings. The number of aromatic nitrogens is 1. The van der Waals surface area contributed by atoms with Crippen LogP contribution in [0.5, 0.6) is 5.75 Å². The molecule has 2 bridgehead atoms. The predicted molar refractivity (Wildman–Crippen MR) is 176 cm³/mol. The Hall–Kier alpha value is -3.41. The van der Waals surface area contributed by atoms with Gasteiger partial charge < -0.3 is 19.5 Å². The number of nitrogens with one attached hydrogen (secondary N) is 3. The molecule has 8 rings (SSSR count). The molecule has 2 amide bonds. The molecule has 4 atom stereocenters. The number of hydrogen-bond acceptors (Lipinski definition) is 6. The maximum absolute atomic E-state index is 14.7. The SMILES string of the molecule is CCNS(=O)(=O)NC(=O)c1ccc2c(C3CCCCC3)c3n(c2c1)CC1(C(=O)N2CC4CCC(C2)N4)CC1c1cc(OC)ccc1-3. The smallest absolute Gasteiger partial charge is 0.301 e. The van der Waals surface area contributed by atoms with Crippen molar-refractivity contribution in [3.63, 3.8) is 0 Å². The van der Waals surface area contributed by atoms with Gasteiger partial charge in [-0.15, -0.1) is 0 Å². The maximum atomic E-state index is 14.7. The van der Waals surface area contributed by atoms with Gasteiger partial charge in [0.05, 0.1) is 18.2 Å². The molecule has 2 saturated carbocycles. The molecule has 2 aliphatic carbocycles. The van der Waals surface area contributed by atoms with E-state index >= 15 is 0 Å². The van der Waals surface area contributed by atoms with Crippen LogP contribution in [0.2, 0.25) is 0 Å². The fourth-order valence-electron chi connectivity index (χ4n) is 9.11. The molecule has 244 valence electrons. The van der Waals surface area contributed by atoms with Crippen LogP contribution in [0.1, 0.15) is 91.6 Å². The van der Waals surface area contributed by atoms with E-state index in [-0.39, 0.29) is 23.9 Å². The van der Waals surface area contributed by atoms with E-state index < -0.39 is 21.5 Å². The Kier molecular flexibility index (Phi) is 7.22. The molecular weight excluding hydrogens is 602 g/mol. The van der Waals surface area contributed by atoms with E-state index in [1.165, 1.54) is 30.4 Å². The molecule has 4 unspecified atom stereocenters. The number of amides is 2. The van der Waals surface area contributed by atoms with Crippen LogP contribution in [0.3, 0.4) is 0 Å². The van der Waals surface area contributed by atoms with Crippen LogP contribution in [0.15, 0.2) is 36.4 Å². The first-order valence-corrected chi connectivity index (χ1v) is 18.4. The summed E-state index contributed by atoms with van der Waals surface area (Å²) in [7, 11) is -2.29. The zero-order valence-electron chi connectivity index (χ0n) is 26.6. The molecule has 3 aromatic rings. The third-order valence-corrected chi connectivity index (χ3v) is 12.4. The monoisotopic (exact) mass is 645 g/mol. The first kappa shape index (κ1) is 30.0. The van der Waals surface area contributed by atoms with Crippen molar-refractivity contribution in [1.29, 1.82) is 0 Å². The second-order valence-electron chi connectivity index (χ2n) is 14.1. The average Bonchev–Trinajstić information content (AvgIpc) is 3.60. The molecule has 10 nitrogen and oxygen atoms in total. The number of ether oxygens (including phenoxy) is 1. The van der Waals surface area contributed by atoms with E-state index in [4.69, 9.17) is 4.74 Å². The van der Waals surface area contributed by atoms with Crippen LogP contribution < -0.4 is 19.5 Å². The first-order valence-electron chi connectivity index (χ1n) is 16.9. The number of likely N-dealkylation sites (tertiary alicyclic amines) is 1. The van der Waals surface area contributed by atoms with Crippen molar-refractivity contribution >= 4 is 32.9 Å². The van der Waals surface area contributed by atoms with Gasteiger partial charge in [0.1, 0.15) is 5.75 Å². The Morgan fingerprint density at radius 3 is 2.50 bits per heavy atom. The summed E-state index contributed by atoms with van der Waals surface area (Å²) in [4.78, 5) is 30.1. The van der Waals surface area contributed by atoms with Gasteiger partial charge in [-0.25, -0.2) is 4.72 Å². The number of piperazine rings is 1. The largest absolute Gasteiger partial charge is 0.497 e. The molecule has 2 aromatic carbocycles. The van der Waals surface area contributed by atoms with Crippen LogP contribution in [-0.2, 0) is 21.5 Å². The summed E-state index contributed by atoms with van der Waals surface area (Å²) < 4.78 is 37.4. The van der Waals surface area contributed by atoms with Gasteiger partial charge >= 0.3 is 10.2 Å². The normalized spacial score (nSPS) is 27.0. The second kappa shape index (κ2) is 11.1. The summed E-state index contributed by atoms with van der Waals surface area (Å²) in [6.45, 7) is 3.85. The molecule has 4 heterocycles. The average molecular weight is 646 g/mol. The van der Waals surface area contributed by atoms with Crippen LogP contribution in [0.25, 0.3) is 22.2 Å². The number of benzene rings is 2. The van der Waals surface area contributed by atoms with Crippen molar-refractivity contribution in [2.45, 2.75) is 88.8 Å². The summed E-state index contributed by atoms with van der Waals surface area (Å²) in [6, 6.07) is 12.6. The summed E-state index contributed by atoms with van der Waals surface area (Å²) >= 11 is 0. The highest BCUT2D eigenvalue weighted by Gasteiger charge is 2.64. The van der Waals surface area contributed by atoms with E-state index in [2.05, 4.69) is 36.4 Å². The fourth-order valence-corrected chi connectivity index (χ4v) is 9.92. The molecule has 0 spiro atoms. The number of nitrogens with zero attached hydrogens (tertiary/aromatic N) is 2. The van der Waals surface area contributed by atoms with Gasteiger partial charge in [-0.1, -0.05) is 32.3 Å². The van der Waals surface area contributed by atoms with Gasteiger partial charge in [0.2, 0.25) is 5.91 Å². The van der Waals surface area contributed by atoms with Crippen molar-refractivity contribution < 1.29 is 22.7 Å². The Labute approximate surface area is 270 Å². The lowest BCUT2D eigenvalue weighted by Crippen LogP contribution is -2.55. The Bertz CT molecular complexity index is 1830. The third-order valence-electron chi connectivity index (χ3n) is 11.3. The van der Waals surface area contributed by atoms with Crippen molar-refractivity contribution in [1.82, 2.24) is 24.2 Å². The standard InChI is InChI=1S/C35H43N5O5S/c1-3-36-46(43,44)38-33(41)22-9-13-27-30(15-22)40-20-35(34(42)39-18-23-10-11-24(19-39)37-23)17-29(35)28-16-25(45-2)12-14-26(28)32(40)31(27)21-7-5-4-6-8-21/h9,12-16,21,23-24,29,36-37H,3-8,10-11,17-20H2,1-2H3,(H,38,41). The predicted octanol–water partition coefficient (Wildman–Crippen LogP) is 4.40. The van der Waals surface area contributed by atoms with Gasteiger partial charge in [0.25, 0.3) is 5.91 Å². The molecule has 5 aliphatic rings. The van der Waals surface area contributed by atoms with E-state index in [1.54, 1.807) is 20.1 Å². The molecule has 46 heavy (non-hydrogen) atoms. The molecule has 0 radical (unpaired) electrons. The lowest BCUT2D eigenvalue weighted by Gasteiger charge is -2.36. The van der Waals surface area contributed by atoms with E-state index in [0.29, 0.717) is 24.5 Å².